The van der Waals surface area contributed by atoms with Gasteiger partial charge < -0.3 is 18.9 Å². The van der Waals surface area contributed by atoms with Gasteiger partial charge in [-0.2, -0.15) is 0 Å². The molecule has 2 atom stereocenters. The number of carbonyl (C=O) groups excluding carboxylic acids is 3. The number of Topliss-reactive ketones (excluding diaryl/α,β-unsaturated/α-hetero) is 1. The van der Waals surface area contributed by atoms with E-state index in [1.807, 2.05) is 55.5 Å². The van der Waals surface area contributed by atoms with E-state index in [4.69, 9.17) is 18.9 Å². The maximum absolute atomic E-state index is 13.0. The van der Waals surface area contributed by atoms with Crippen LogP contribution < -0.4 is 14.2 Å². The van der Waals surface area contributed by atoms with Crippen LogP contribution in [0.3, 0.4) is 0 Å². The largest absolute Gasteiger partial charge is 0.493 e. The van der Waals surface area contributed by atoms with Gasteiger partial charge in [-0.05, 0) is 19.1 Å². The zero-order chi connectivity index (χ0) is 25.8. The first-order chi connectivity index (χ1) is 17.3. The third kappa shape index (κ3) is 5.07. The Morgan fingerprint density at radius 2 is 1.58 bits per heavy atom. The second kappa shape index (κ2) is 10.6. The summed E-state index contributed by atoms with van der Waals surface area (Å²) in [5, 5.41) is 0. The van der Waals surface area contributed by atoms with Crippen LogP contribution in [0.2, 0.25) is 0 Å². The first-order valence-electron chi connectivity index (χ1n) is 11.6. The molecule has 0 N–H and O–H groups in total. The van der Waals surface area contributed by atoms with Gasteiger partial charge in [-0.1, -0.05) is 43.3 Å². The molecule has 0 saturated carbocycles. The van der Waals surface area contributed by atoms with Crippen LogP contribution in [0.5, 0.6) is 23.0 Å². The van der Waals surface area contributed by atoms with Crippen LogP contribution in [0.4, 0.5) is 0 Å². The predicted molar refractivity (Wildman–Crippen MR) is 131 cm³/mol. The topological polar surface area (TPSA) is 101 Å². The molecule has 0 saturated heterocycles. The molecule has 36 heavy (non-hydrogen) atoms. The average molecular weight is 490 g/mol. The number of methoxy groups -OCH3 is 1. The van der Waals surface area contributed by atoms with Crippen molar-refractivity contribution in [3.63, 3.8) is 0 Å². The van der Waals surface area contributed by atoms with Gasteiger partial charge in [0.15, 0.2) is 17.2 Å². The number of ketones is 1. The van der Waals surface area contributed by atoms with Gasteiger partial charge in [-0.3, -0.25) is 14.4 Å². The number of esters is 2. The molecule has 3 aromatic rings. The minimum atomic E-state index is -0.761. The summed E-state index contributed by atoms with van der Waals surface area (Å²) in [6, 6.07) is 16.8. The highest BCUT2D eigenvalue weighted by molar-refractivity contribution is 6.00. The Morgan fingerprint density at radius 3 is 2.17 bits per heavy atom. The van der Waals surface area contributed by atoms with Gasteiger partial charge in [-0.25, -0.2) is 4.98 Å². The Bertz CT molecular complexity index is 1260. The molecule has 8 heteroatoms. The molecule has 0 amide bonds. The summed E-state index contributed by atoms with van der Waals surface area (Å²) >= 11 is 0. The van der Waals surface area contributed by atoms with Crippen LogP contribution in [0.15, 0.2) is 60.8 Å². The summed E-state index contributed by atoms with van der Waals surface area (Å²) in [7, 11) is 1.39. The molecule has 186 valence electrons. The third-order valence-corrected chi connectivity index (χ3v) is 5.99. The third-order valence-electron chi connectivity index (χ3n) is 5.99. The molecule has 2 heterocycles. The summed E-state index contributed by atoms with van der Waals surface area (Å²) in [5.41, 5.74) is 1.77. The van der Waals surface area contributed by atoms with Crippen LogP contribution in [-0.2, 0) is 14.3 Å². The molecule has 0 spiro atoms. The van der Waals surface area contributed by atoms with Crippen molar-refractivity contribution in [1.29, 1.82) is 0 Å². The predicted octanol–water partition coefficient (Wildman–Crippen LogP) is 5.09. The van der Waals surface area contributed by atoms with E-state index in [0.29, 0.717) is 0 Å². The zero-order valence-corrected chi connectivity index (χ0v) is 20.5. The maximum atomic E-state index is 13.0. The van der Waals surface area contributed by atoms with Crippen LogP contribution in [0.25, 0.3) is 0 Å². The van der Waals surface area contributed by atoms with Crippen molar-refractivity contribution in [2.45, 2.75) is 39.2 Å². The fourth-order valence-corrected chi connectivity index (χ4v) is 4.31. The number of carbonyl (C=O) groups is 3. The van der Waals surface area contributed by atoms with Gasteiger partial charge in [0, 0.05) is 36.7 Å². The summed E-state index contributed by atoms with van der Waals surface area (Å²) in [5.74, 6) is -1.03. The van der Waals surface area contributed by atoms with Crippen molar-refractivity contribution in [2.24, 2.45) is 5.92 Å². The highest BCUT2D eigenvalue weighted by Crippen LogP contribution is 2.46. The van der Waals surface area contributed by atoms with Crippen molar-refractivity contribution >= 4 is 17.7 Å². The Labute approximate surface area is 209 Å². The molecule has 4 rings (SSSR count). The fourth-order valence-electron chi connectivity index (χ4n) is 4.31. The van der Waals surface area contributed by atoms with Crippen molar-refractivity contribution < 1.29 is 33.3 Å². The number of pyridine rings is 1. The average Bonchev–Trinajstić information content (AvgIpc) is 2.86. The molecule has 1 aliphatic heterocycles. The smallest absolute Gasteiger partial charge is 0.309 e. The van der Waals surface area contributed by atoms with E-state index in [1.54, 1.807) is 6.92 Å². The van der Waals surface area contributed by atoms with Crippen molar-refractivity contribution in [3.05, 3.63) is 77.6 Å². The van der Waals surface area contributed by atoms with Crippen molar-refractivity contribution in [2.75, 3.05) is 7.11 Å². The monoisotopic (exact) mass is 489 g/mol. The van der Waals surface area contributed by atoms with Gasteiger partial charge >= 0.3 is 11.9 Å². The minimum absolute atomic E-state index is 0.0677. The fraction of sp³-hybridized carbons (Fsp3) is 0.286. The van der Waals surface area contributed by atoms with Gasteiger partial charge in [0.05, 0.1) is 18.9 Å². The normalized spacial score (nSPS) is 13.9. The van der Waals surface area contributed by atoms with E-state index < -0.39 is 29.7 Å². The summed E-state index contributed by atoms with van der Waals surface area (Å²) in [6.45, 7) is 4.66. The molecule has 8 nitrogen and oxygen atoms in total. The lowest BCUT2D eigenvalue weighted by Gasteiger charge is -2.32. The Kier molecular flexibility index (Phi) is 7.33. The van der Waals surface area contributed by atoms with Crippen LogP contribution in [0.1, 0.15) is 54.7 Å². The molecular formula is C28H27NO7. The molecular weight excluding hydrogens is 462 g/mol. The number of para-hydroxylation sites is 2. The molecule has 1 aliphatic rings. The van der Waals surface area contributed by atoms with Crippen LogP contribution in [-0.4, -0.2) is 35.9 Å². The van der Waals surface area contributed by atoms with E-state index in [2.05, 4.69) is 4.98 Å². The number of benzene rings is 2. The highest BCUT2D eigenvalue weighted by atomic mass is 16.6. The summed E-state index contributed by atoms with van der Waals surface area (Å²) < 4.78 is 22.3. The zero-order valence-electron chi connectivity index (χ0n) is 20.5. The van der Waals surface area contributed by atoms with E-state index >= 15 is 0 Å². The highest BCUT2D eigenvalue weighted by Gasteiger charge is 2.34. The molecule has 1 aromatic heterocycles. The van der Waals surface area contributed by atoms with Gasteiger partial charge in [0.2, 0.25) is 5.75 Å². The molecule has 0 fully saturated rings. The summed E-state index contributed by atoms with van der Waals surface area (Å²) in [6.07, 6.45) is 0.679. The number of ether oxygens (including phenoxy) is 4. The summed E-state index contributed by atoms with van der Waals surface area (Å²) in [4.78, 5) is 41.6. The number of fused-ring (bicyclic) bond motifs is 2. The van der Waals surface area contributed by atoms with Gasteiger partial charge in [0.25, 0.3) is 0 Å². The van der Waals surface area contributed by atoms with Gasteiger partial charge in [0.1, 0.15) is 17.6 Å². The Balaban J connectivity index is 1.51. The molecule has 2 aromatic carbocycles. The van der Waals surface area contributed by atoms with E-state index in [9.17, 15) is 14.4 Å². The maximum Gasteiger partial charge on any atom is 0.309 e. The van der Waals surface area contributed by atoms with Crippen LogP contribution >= 0.6 is 0 Å². The lowest BCUT2D eigenvalue weighted by Crippen LogP contribution is -2.29. The lowest BCUT2D eigenvalue weighted by molar-refractivity contribution is -0.153. The van der Waals surface area contributed by atoms with E-state index in [0.717, 1.165) is 22.6 Å². The van der Waals surface area contributed by atoms with Crippen molar-refractivity contribution in [3.8, 4) is 23.0 Å². The number of aromatic nitrogens is 1. The molecule has 1 unspecified atom stereocenters. The minimum Gasteiger partial charge on any atom is -0.493 e. The molecule has 0 bridgehead atoms. The second-order valence-electron chi connectivity index (χ2n) is 8.61. The quantitative estimate of drug-likeness (QED) is 0.318. The van der Waals surface area contributed by atoms with E-state index in [1.165, 1.54) is 26.3 Å². The number of hydrogen-bond donors (Lipinski definition) is 0. The molecule has 0 aliphatic carbocycles. The Morgan fingerprint density at radius 1 is 0.972 bits per heavy atom. The Hall–Kier alpha value is -4.20. The van der Waals surface area contributed by atoms with Crippen LogP contribution in [0, 0.1) is 5.92 Å². The first kappa shape index (κ1) is 24.9. The number of rotatable bonds is 8. The standard InChI is InChI=1S/C28H27NO7/c1-16(15-21(31)26-27(35-18(3)30)24(33-4)13-14-29-26)28(32)34-17(2)25-19-9-5-7-11-22(19)36-23-12-8-6-10-20(23)25/h5-14,16-17,25H,15H2,1-4H3/t16-,17?/m1/s1. The number of nitrogens with zero attached hydrogens (tertiary/aromatic N) is 1. The SMILES string of the molecule is COc1ccnc(C(=O)C[C@@H](C)C(=O)OC(C)C2c3ccccc3Oc3ccccc32)c1OC(C)=O. The van der Waals surface area contributed by atoms with Crippen molar-refractivity contribution in [1.82, 2.24) is 4.98 Å². The van der Waals surface area contributed by atoms with Gasteiger partial charge in [-0.15, -0.1) is 0 Å². The second-order valence-corrected chi connectivity index (χ2v) is 8.61. The first-order valence-corrected chi connectivity index (χ1v) is 11.6. The molecule has 0 radical (unpaired) electrons. The lowest BCUT2D eigenvalue weighted by atomic mass is 9.84. The number of hydrogen-bond acceptors (Lipinski definition) is 8. The van der Waals surface area contributed by atoms with E-state index in [-0.39, 0.29) is 29.5 Å².